The Morgan fingerprint density at radius 3 is 2.28 bits per heavy atom. The van der Waals surface area contributed by atoms with Crippen LogP contribution in [0, 0.1) is 5.82 Å². The maximum atomic E-state index is 13.3. The zero-order chi connectivity index (χ0) is 13.6. The van der Waals surface area contributed by atoms with Crippen LogP contribution in [-0.4, -0.2) is 12.1 Å². The number of hydrogen-bond acceptors (Lipinski definition) is 2. The molecule has 0 unspecified atom stereocenters. The van der Waals surface area contributed by atoms with Crippen molar-refractivity contribution in [2.45, 2.75) is 45.1 Å². The minimum Gasteiger partial charge on any atom is -0.378 e. The van der Waals surface area contributed by atoms with E-state index in [-0.39, 0.29) is 11.4 Å². The van der Waals surface area contributed by atoms with Gasteiger partial charge in [0.15, 0.2) is 0 Å². The van der Waals surface area contributed by atoms with Crippen LogP contribution < -0.4 is 11.1 Å². The zero-order valence-corrected chi connectivity index (χ0v) is 11.9. The first-order valence-corrected chi connectivity index (χ1v) is 6.87. The SMILES string of the molecule is CCCC(CN)(CCC)Nc1cc(F)cc(Cl)c1. The number of benzene rings is 1. The second-order valence-electron chi connectivity index (χ2n) is 4.77. The van der Waals surface area contributed by atoms with E-state index in [1.54, 1.807) is 6.07 Å². The fourth-order valence-corrected chi connectivity index (χ4v) is 2.62. The fourth-order valence-electron chi connectivity index (χ4n) is 2.39. The van der Waals surface area contributed by atoms with Gasteiger partial charge < -0.3 is 11.1 Å². The predicted octanol–water partition coefficient (Wildman–Crippen LogP) is 4.19. The van der Waals surface area contributed by atoms with Crippen molar-refractivity contribution >= 4 is 17.3 Å². The Morgan fingerprint density at radius 2 is 1.83 bits per heavy atom. The fraction of sp³-hybridized carbons (Fsp3) is 0.571. The van der Waals surface area contributed by atoms with E-state index in [2.05, 4.69) is 19.2 Å². The summed E-state index contributed by atoms with van der Waals surface area (Å²) in [6.07, 6.45) is 4.00. The van der Waals surface area contributed by atoms with E-state index in [0.717, 1.165) is 25.7 Å². The Labute approximate surface area is 114 Å². The van der Waals surface area contributed by atoms with Crippen molar-refractivity contribution in [2.24, 2.45) is 5.73 Å². The second kappa shape index (κ2) is 6.95. The molecule has 0 bridgehead atoms. The van der Waals surface area contributed by atoms with Crippen molar-refractivity contribution in [2.75, 3.05) is 11.9 Å². The molecule has 0 aliphatic rings. The molecule has 0 saturated carbocycles. The molecule has 3 N–H and O–H groups in total. The highest BCUT2D eigenvalue weighted by Crippen LogP contribution is 2.27. The van der Waals surface area contributed by atoms with E-state index < -0.39 is 0 Å². The van der Waals surface area contributed by atoms with Gasteiger partial charge >= 0.3 is 0 Å². The van der Waals surface area contributed by atoms with Gasteiger partial charge in [-0.1, -0.05) is 38.3 Å². The third-order valence-electron chi connectivity index (χ3n) is 3.12. The van der Waals surface area contributed by atoms with Crippen LogP contribution in [0.1, 0.15) is 39.5 Å². The number of rotatable bonds is 7. The number of halogens is 2. The molecular weight excluding hydrogens is 251 g/mol. The van der Waals surface area contributed by atoms with Gasteiger partial charge in [0.1, 0.15) is 5.82 Å². The summed E-state index contributed by atoms with van der Waals surface area (Å²) in [5.74, 6) is -0.330. The molecule has 0 heterocycles. The van der Waals surface area contributed by atoms with Crippen LogP contribution in [-0.2, 0) is 0 Å². The molecule has 2 nitrogen and oxygen atoms in total. The van der Waals surface area contributed by atoms with Gasteiger partial charge in [-0.25, -0.2) is 4.39 Å². The number of anilines is 1. The largest absolute Gasteiger partial charge is 0.378 e. The molecule has 0 spiro atoms. The Kier molecular flexibility index (Phi) is 5.89. The van der Waals surface area contributed by atoms with Gasteiger partial charge in [0.25, 0.3) is 0 Å². The number of nitrogens with two attached hydrogens (primary N) is 1. The van der Waals surface area contributed by atoms with Crippen molar-refractivity contribution in [3.05, 3.63) is 29.0 Å². The van der Waals surface area contributed by atoms with Crippen LogP contribution in [0.15, 0.2) is 18.2 Å². The molecule has 1 aromatic rings. The molecule has 102 valence electrons. The summed E-state index contributed by atoms with van der Waals surface area (Å²) in [6.45, 7) is 4.78. The average Bonchev–Trinajstić information content (AvgIpc) is 2.28. The van der Waals surface area contributed by atoms with E-state index in [9.17, 15) is 4.39 Å². The normalized spacial score (nSPS) is 11.6. The molecule has 0 aliphatic heterocycles. The van der Waals surface area contributed by atoms with E-state index in [1.807, 2.05) is 0 Å². The summed E-state index contributed by atoms with van der Waals surface area (Å²) in [7, 11) is 0. The highest BCUT2D eigenvalue weighted by atomic mass is 35.5. The van der Waals surface area contributed by atoms with Gasteiger partial charge in [0, 0.05) is 22.8 Å². The van der Waals surface area contributed by atoms with E-state index >= 15 is 0 Å². The minimum atomic E-state index is -0.330. The van der Waals surface area contributed by atoms with Crippen molar-refractivity contribution in [3.63, 3.8) is 0 Å². The highest BCUT2D eigenvalue weighted by molar-refractivity contribution is 6.30. The molecule has 0 atom stereocenters. The lowest BCUT2D eigenvalue weighted by molar-refractivity contribution is 0.401. The Morgan fingerprint density at radius 1 is 1.22 bits per heavy atom. The van der Waals surface area contributed by atoms with E-state index in [0.29, 0.717) is 17.3 Å². The smallest absolute Gasteiger partial charge is 0.126 e. The molecule has 0 saturated heterocycles. The number of hydrogen-bond donors (Lipinski definition) is 2. The topological polar surface area (TPSA) is 38.0 Å². The molecule has 0 radical (unpaired) electrons. The minimum absolute atomic E-state index is 0.166. The summed E-state index contributed by atoms with van der Waals surface area (Å²) in [4.78, 5) is 0. The predicted molar refractivity (Wildman–Crippen MR) is 76.6 cm³/mol. The van der Waals surface area contributed by atoms with Crippen LogP contribution >= 0.6 is 11.6 Å². The summed E-state index contributed by atoms with van der Waals surface area (Å²) in [6, 6.07) is 4.50. The zero-order valence-electron chi connectivity index (χ0n) is 11.1. The van der Waals surface area contributed by atoms with Crippen LogP contribution in [0.2, 0.25) is 5.02 Å². The third kappa shape index (κ3) is 4.14. The van der Waals surface area contributed by atoms with Crippen molar-refractivity contribution in [1.82, 2.24) is 0 Å². The number of nitrogens with one attached hydrogen (secondary N) is 1. The first-order valence-electron chi connectivity index (χ1n) is 6.49. The van der Waals surface area contributed by atoms with Crippen LogP contribution in [0.5, 0.6) is 0 Å². The van der Waals surface area contributed by atoms with Crippen LogP contribution in [0.4, 0.5) is 10.1 Å². The van der Waals surface area contributed by atoms with Gasteiger partial charge in [-0.2, -0.15) is 0 Å². The molecule has 0 fully saturated rings. The van der Waals surface area contributed by atoms with Gasteiger partial charge in [-0.05, 0) is 31.0 Å². The van der Waals surface area contributed by atoms with Gasteiger partial charge in [-0.3, -0.25) is 0 Å². The third-order valence-corrected chi connectivity index (χ3v) is 3.34. The summed E-state index contributed by atoms with van der Waals surface area (Å²) in [5.41, 5.74) is 6.45. The molecule has 0 aliphatic carbocycles. The first kappa shape index (κ1) is 15.3. The Bertz CT molecular complexity index is 356. The lowest BCUT2D eigenvalue weighted by Gasteiger charge is -2.34. The van der Waals surface area contributed by atoms with Crippen molar-refractivity contribution < 1.29 is 4.39 Å². The van der Waals surface area contributed by atoms with Gasteiger partial charge in [-0.15, -0.1) is 0 Å². The lowest BCUT2D eigenvalue weighted by atomic mass is 9.88. The molecule has 18 heavy (non-hydrogen) atoms. The second-order valence-corrected chi connectivity index (χ2v) is 5.20. The Hall–Kier alpha value is -0.800. The molecule has 1 aromatic carbocycles. The average molecular weight is 273 g/mol. The van der Waals surface area contributed by atoms with E-state index in [1.165, 1.54) is 12.1 Å². The van der Waals surface area contributed by atoms with Crippen LogP contribution in [0.3, 0.4) is 0 Å². The summed E-state index contributed by atoms with van der Waals surface area (Å²) in [5, 5.41) is 3.78. The highest BCUT2D eigenvalue weighted by Gasteiger charge is 2.26. The van der Waals surface area contributed by atoms with Crippen molar-refractivity contribution in [1.29, 1.82) is 0 Å². The van der Waals surface area contributed by atoms with Gasteiger partial charge in [0.05, 0.1) is 0 Å². The summed E-state index contributed by atoms with van der Waals surface area (Å²) < 4.78 is 13.3. The van der Waals surface area contributed by atoms with Crippen LogP contribution in [0.25, 0.3) is 0 Å². The van der Waals surface area contributed by atoms with Crippen molar-refractivity contribution in [3.8, 4) is 0 Å². The maximum Gasteiger partial charge on any atom is 0.126 e. The molecule has 0 aromatic heterocycles. The first-order chi connectivity index (χ1) is 8.55. The Balaban J connectivity index is 2.93. The quantitative estimate of drug-likeness (QED) is 0.781. The lowest BCUT2D eigenvalue weighted by Crippen LogP contribution is -2.45. The summed E-state index contributed by atoms with van der Waals surface area (Å²) >= 11 is 5.87. The van der Waals surface area contributed by atoms with Gasteiger partial charge in [0.2, 0.25) is 0 Å². The monoisotopic (exact) mass is 272 g/mol. The maximum absolute atomic E-state index is 13.3. The van der Waals surface area contributed by atoms with E-state index in [4.69, 9.17) is 17.3 Å². The molecule has 4 heteroatoms. The molecule has 1 rings (SSSR count). The molecule has 0 amide bonds. The standard InChI is InChI=1S/C14H22ClFN2/c1-3-5-14(10-17,6-4-2)18-13-8-11(15)7-12(16)9-13/h7-9,18H,3-6,10,17H2,1-2H3. The molecular formula is C14H22ClFN2.